The number of hydrogen-bond donors (Lipinski definition) is 2. The Bertz CT molecular complexity index is 1630. The van der Waals surface area contributed by atoms with Crippen LogP contribution < -0.4 is 10.9 Å². The molecule has 0 spiro atoms. The Morgan fingerprint density at radius 1 is 0.860 bits per heavy atom. The lowest BCUT2D eigenvalue weighted by Gasteiger charge is -2.41. The molecule has 9 nitrogen and oxygen atoms in total. The van der Waals surface area contributed by atoms with E-state index in [9.17, 15) is 13.2 Å². The van der Waals surface area contributed by atoms with E-state index < -0.39 is 34.5 Å². The lowest BCUT2D eigenvalue weighted by atomic mass is 9.89. The molecule has 0 radical (unpaired) electrons. The van der Waals surface area contributed by atoms with Gasteiger partial charge in [0.05, 0.1) is 5.39 Å². The topological polar surface area (TPSA) is 129 Å². The number of nitrogens with two attached hydrogens (primary N) is 2. The van der Waals surface area contributed by atoms with Crippen molar-refractivity contribution in [2.24, 2.45) is 5.14 Å². The fourth-order valence-corrected chi connectivity index (χ4v) is 6.13. The quantitative estimate of drug-likeness (QED) is 0.197. The van der Waals surface area contributed by atoms with Crippen molar-refractivity contribution in [2.75, 3.05) is 39.0 Å². The third-order valence-corrected chi connectivity index (χ3v) is 8.36. The van der Waals surface area contributed by atoms with Crippen molar-refractivity contribution in [2.45, 2.75) is 37.8 Å². The van der Waals surface area contributed by atoms with Crippen molar-refractivity contribution < 1.29 is 26.3 Å². The predicted octanol–water partition coefficient (Wildman–Crippen LogP) is 4.37. The van der Waals surface area contributed by atoms with Crippen LogP contribution in [0.3, 0.4) is 0 Å². The number of rotatable bonds is 4. The summed E-state index contributed by atoms with van der Waals surface area (Å²) in [4.78, 5) is 13.7. The molecule has 2 aromatic heterocycles. The molecule has 230 valence electrons. The van der Waals surface area contributed by atoms with E-state index in [0.717, 1.165) is 64.0 Å². The maximum Gasteiger partial charge on any atom is 0.195 e. The number of fused-ring (bicyclic) bond motifs is 1. The van der Waals surface area contributed by atoms with Gasteiger partial charge in [-0.15, -0.1) is 0 Å². The first-order valence-electron chi connectivity index (χ1n) is 13.9. The summed E-state index contributed by atoms with van der Waals surface area (Å²) in [5.41, 5.74) is 7.64. The van der Waals surface area contributed by atoms with Crippen LogP contribution in [-0.2, 0) is 11.3 Å². The zero-order chi connectivity index (χ0) is 30.8. The fraction of sp³-hybridized carbons (Fsp3) is 0.379. The second kappa shape index (κ2) is 13.1. The van der Waals surface area contributed by atoms with E-state index in [0.29, 0.717) is 28.2 Å². The highest BCUT2D eigenvalue weighted by atomic mass is 32.2. The molecule has 1 unspecified atom stereocenters. The summed E-state index contributed by atoms with van der Waals surface area (Å²) in [5.74, 6) is -4.86. The van der Waals surface area contributed by atoms with Crippen LogP contribution in [0, 0.1) is 23.3 Å². The first kappa shape index (κ1) is 31.0. The zero-order valence-electron chi connectivity index (χ0n) is 23.5. The SMILES string of the molecule is CN1CCN(C2CCC(n3cc(-c4ccc(-c5ccc(F)c(F)c5F)c(F)c4)c4c(N)ncnc43)CC2)CC1.NS(=O)[O-]. The standard InChI is InChI=1S/C29H30F4N6.H3NO2S/c1-37-10-12-38(13-11-37)18-3-5-19(6-4-18)39-15-22(25-28(34)35-16-36-29(25)39)17-2-7-20(24(31)14-17)21-8-9-23(30)27(33)26(21)32;1-4(2)3/h2,7-9,14-16,18-19H,3-6,10-13H2,1H3,(H2,34,35,36);1H2,(H,2,3)/p-1. The van der Waals surface area contributed by atoms with Gasteiger partial charge in [0.2, 0.25) is 0 Å². The van der Waals surface area contributed by atoms with Gasteiger partial charge in [-0.05, 0) is 56.5 Å². The Hall–Kier alpha value is -3.43. The lowest BCUT2D eigenvalue weighted by Crippen LogP contribution is -2.49. The summed E-state index contributed by atoms with van der Waals surface area (Å²) in [6.45, 7) is 4.39. The van der Waals surface area contributed by atoms with Crippen LogP contribution in [0.25, 0.3) is 33.3 Å². The molecule has 1 saturated carbocycles. The minimum absolute atomic E-state index is 0.162. The molecule has 0 amide bonds. The van der Waals surface area contributed by atoms with Crippen molar-refractivity contribution in [1.82, 2.24) is 24.3 Å². The Kier molecular flexibility index (Phi) is 9.42. The van der Waals surface area contributed by atoms with E-state index in [1.807, 2.05) is 6.20 Å². The molecule has 1 saturated heterocycles. The summed E-state index contributed by atoms with van der Waals surface area (Å²) in [7, 11) is 2.16. The molecule has 4 N–H and O–H groups in total. The van der Waals surface area contributed by atoms with Gasteiger partial charge in [-0.2, -0.15) is 0 Å². The third-order valence-electron chi connectivity index (χ3n) is 8.36. The zero-order valence-corrected chi connectivity index (χ0v) is 24.3. The maximum atomic E-state index is 15.3. The Balaban J connectivity index is 0.000000868. The Morgan fingerprint density at radius 3 is 2.14 bits per heavy atom. The van der Waals surface area contributed by atoms with Gasteiger partial charge in [-0.3, -0.25) is 14.2 Å². The molecule has 0 bridgehead atoms. The molecule has 1 aliphatic carbocycles. The van der Waals surface area contributed by atoms with Gasteiger partial charge in [-0.25, -0.2) is 27.5 Å². The number of halogens is 4. The molecule has 6 rings (SSSR count). The molecule has 3 heterocycles. The van der Waals surface area contributed by atoms with E-state index in [1.54, 1.807) is 6.07 Å². The van der Waals surface area contributed by atoms with Gasteiger partial charge in [0.15, 0.2) is 17.5 Å². The van der Waals surface area contributed by atoms with Gasteiger partial charge in [-0.1, -0.05) is 12.1 Å². The molecule has 43 heavy (non-hydrogen) atoms. The summed E-state index contributed by atoms with van der Waals surface area (Å²) >= 11 is -2.36. The highest BCUT2D eigenvalue weighted by molar-refractivity contribution is 7.76. The largest absolute Gasteiger partial charge is 0.760 e. The van der Waals surface area contributed by atoms with Gasteiger partial charge in [0.1, 0.15) is 23.6 Å². The van der Waals surface area contributed by atoms with Crippen LogP contribution in [0.4, 0.5) is 23.4 Å². The number of aromatic nitrogens is 3. The second-order valence-electron chi connectivity index (χ2n) is 10.9. The maximum absolute atomic E-state index is 15.3. The summed E-state index contributed by atoms with van der Waals surface area (Å²) in [5, 5.41) is 4.66. The molecule has 2 aromatic carbocycles. The molecule has 4 aromatic rings. The third kappa shape index (κ3) is 6.58. The van der Waals surface area contributed by atoms with Crippen molar-refractivity contribution in [1.29, 1.82) is 0 Å². The predicted molar refractivity (Wildman–Crippen MR) is 156 cm³/mol. The van der Waals surface area contributed by atoms with Crippen LogP contribution in [0.2, 0.25) is 0 Å². The molecule has 14 heteroatoms. The van der Waals surface area contributed by atoms with E-state index in [4.69, 9.17) is 14.5 Å². The first-order chi connectivity index (χ1) is 20.5. The second-order valence-corrected chi connectivity index (χ2v) is 11.4. The summed E-state index contributed by atoms with van der Waals surface area (Å²) in [6.07, 6.45) is 7.55. The minimum atomic E-state index is -2.36. The number of hydrogen-bond acceptors (Lipinski definition) is 7. The lowest BCUT2D eigenvalue weighted by molar-refractivity contribution is 0.0828. The van der Waals surface area contributed by atoms with Crippen LogP contribution in [0.1, 0.15) is 31.7 Å². The van der Waals surface area contributed by atoms with Crippen molar-refractivity contribution >= 4 is 28.1 Å². The van der Waals surface area contributed by atoms with Crippen molar-refractivity contribution in [3.8, 4) is 22.3 Å². The number of nitrogen functional groups attached to an aromatic ring is 1. The molecule has 1 atom stereocenters. The number of benzene rings is 2. The van der Waals surface area contributed by atoms with Gasteiger partial charge in [0, 0.05) is 72.4 Å². The Morgan fingerprint density at radius 2 is 1.49 bits per heavy atom. The number of nitrogens with zero attached hydrogens (tertiary/aromatic N) is 5. The van der Waals surface area contributed by atoms with Crippen LogP contribution in [0.5, 0.6) is 0 Å². The van der Waals surface area contributed by atoms with Crippen LogP contribution in [0.15, 0.2) is 42.9 Å². The highest BCUT2D eigenvalue weighted by Crippen LogP contribution is 2.40. The van der Waals surface area contributed by atoms with E-state index in [2.05, 4.69) is 36.5 Å². The van der Waals surface area contributed by atoms with Crippen molar-refractivity contribution in [3.63, 3.8) is 0 Å². The molecular formula is C29H32F4N7O2S-. The monoisotopic (exact) mass is 618 g/mol. The molecule has 1 aliphatic heterocycles. The molecule has 2 fully saturated rings. The molecular weight excluding hydrogens is 586 g/mol. The summed E-state index contributed by atoms with van der Waals surface area (Å²) in [6, 6.07) is 6.85. The van der Waals surface area contributed by atoms with E-state index in [1.165, 1.54) is 18.5 Å². The first-order valence-corrected chi connectivity index (χ1v) is 15.0. The smallest absolute Gasteiger partial charge is 0.195 e. The molecule has 2 aliphatic rings. The van der Waals surface area contributed by atoms with Gasteiger partial charge in [0.25, 0.3) is 0 Å². The van der Waals surface area contributed by atoms with Crippen LogP contribution in [-0.4, -0.2) is 72.4 Å². The number of anilines is 1. The highest BCUT2D eigenvalue weighted by Gasteiger charge is 2.30. The van der Waals surface area contributed by atoms with E-state index >= 15 is 4.39 Å². The number of piperazine rings is 1. The van der Waals surface area contributed by atoms with E-state index in [-0.39, 0.29) is 23.0 Å². The number of likely N-dealkylation sites (N-methyl/N-ethyl adjacent to an activating group) is 1. The van der Waals surface area contributed by atoms with Crippen molar-refractivity contribution in [3.05, 3.63) is 66.1 Å². The summed E-state index contributed by atoms with van der Waals surface area (Å²) < 4.78 is 76.5. The van der Waals surface area contributed by atoms with Gasteiger partial charge >= 0.3 is 0 Å². The average Bonchev–Trinajstić information content (AvgIpc) is 3.38. The van der Waals surface area contributed by atoms with Gasteiger partial charge < -0.3 is 19.8 Å². The average molecular weight is 619 g/mol. The normalized spacial score (nSPS) is 20.5. The fourth-order valence-electron chi connectivity index (χ4n) is 6.13. The Labute approximate surface area is 248 Å². The van der Waals surface area contributed by atoms with Crippen LogP contribution >= 0.6 is 0 Å². The minimum Gasteiger partial charge on any atom is -0.760 e.